The molecule has 0 radical (unpaired) electrons. The number of rotatable bonds is 3. The summed E-state index contributed by atoms with van der Waals surface area (Å²) in [6, 6.07) is 10.6. The predicted molar refractivity (Wildman–Crippen MR) is 67.5 cm³/mol. The smallest absolute Gasteiger partial charge is 0.218 e. The molecule has 0 aliphatic carbocycles. The number of hydrogen-bond acceptors (Lipinski definition) is 3. The van der Waals surface area contributed by atoms with Crippen molar-refractivity contribution in [3.8, 4) is 0 Å². The van der Waals surface area contributed by atoms with E-state index in [2.05, 4.69) is 28.1 Å². The molecular formula is C13H19N3O. The Morgan fingerprint density at radius 1 is 1.29 bits per heavy atom. The van der Waals surface area contributed by atoms with Crippen LogP contribution >= 0.6 is 0 Å². The number of carbonyl (C=O) groups excluding carboxylic acids is 1. The van der Waals surface area contributed by atoms with Gasteiger partial charge in [-0.1, -0.05) is 30.3 Å². The summed E-state index contributed by atoms with van der Waals surface area (Å²) in [5.74, 6) is 0.00395. The van der Waals surface area contributed by atoms with Crippen LogP contribution in [0.15, 0.2) is 30.3 Å². The summed E-state index contributed by atoms with van der Waals surface area (Å²) in [6.45, 7) is 3.37. The van der Waals surface area contributed by atoms with Gasteiger partial charge >= 0.3 is 0 Å². The molecule has 1 saturated heterocycles. The minimum atomic E-state index is 0.00395. The van der Waals surface area contributed by atoms with Gasteiger partial charge in [0.2, 0.25) is 5.91 Å². The predicted octanol–water partition coefficient (Wildman–Crippen LogP) is 0.253. The van der Waals surface area contributed by atoms with Crippen molar-refractivity contribution in [3.63, 3.8) is 0 Å². The van der Waals surface area contributed by atoms with Crippen LogP contribution in [0.25, 0.3) is 0 Å². The fourth-order valence-corrected chi connectivity index (χ4v) is 2.17. The molecule has 92 valence electrons. The molecule has 1 amide bonds. The number of benzene rings is 1. The molecule has 1 aromatic carbocycles. The van der Waals surface area contributed by atoms with E-state index in [0.717, 1.165) is 19.5 Å². The summed E-state index contributed by atoms with van der Waals surface area (Å²) < 4.78 is 0. The molecule has 3 N–H and O–H groups in total. The van der Waals surface area contributed by atoms with Gasteiger partial charge in [0.1, 0.15) is 0 Å². The van der Waals surface area contributed by atoms with Gasteiger partial charge in [-0.05, 0) is 12.0 Å². The van der Waals surface area contributed by atoms with E-state index in [9.17, 15) is 4.79 Å². The molecule has 1 aromatic rings. The van der Waals surface area contributed by atoms with Gasteiger partial charge in [0, 0.05) is 26.1 Å². The Labute approximate surface area is 102 Å². The molecule has 2 rings (SSSR count). The van der Waals surface area contributed by atoms with E-state index in [1.54, 1.807) is 6.92 Å². The minimum absolute atomic E-state index is 0.00395. The third-order valence-electron chi connectivity index (χ3n) is 2.96. The first-order valence-corrected chi connectivity index (χ1v) is 6.03. The molecule has 1 fully saturated rings. The lowest BCUT2D eigenvalue weighted by Gasteiger charge is -2.34. The summed E-state index contributed by atoms with van der Waals surface area (Å²) >= 11 is 0. The van der Waals surface area contributed by atoms with Crippen LogP contribution in [-0.4, -0.2) is 31.2 Å². The lowest BCUT2D eigenvalue weighted by molar-refractivity contribution is -0.120. The first-order chi connectivity index (χ1) is 8.25. The Morgan fingerprint density at radius 3 is 2.71 bits per heavy atom. The maximum Gasteiger partial charge on any atom is 0.218 e. The highest BCUT2D eigenvalue weighted by Crippen LogP contribution is 2.07. The van der Waals surface area contributed by atoms with Crippen molar-refractivity contribution in [2.24, 2.45) is 0 Å². The second kappa shape index (κ2) is 5.80. The zero-order valence-corrected chi connectivity index (χ0v) is 10.1. The van der Waals surface area contributed by atoms with Crippen LogP contribution in [0.1, 0.15) is 12.5 Å². The van der Waals surface area contributed by atoms with Crippen molar-refractivity contribution in [3.05, 3.63) is 35.9 Å². The van der Waals surface area contributed by atoms with Crippen LogP contribution < -0.4 is 16.0 Å². The van der Waals surface area contributed by atoms with E-state index in [0.29, 0.717) is 0 Å². The third-order valence-corrected chi connectivity index (χ3v) is 2.96. The van der Waals surface area contributed by atoms with Crippen LogP contribution in [0, 0.1) is 0 Å². The molecule has 1 aliphatic rings. The van der Waals surface area contributed by atoms with Crippen LogP contribution in [0.3, 0.4) is 0 Å². The standard InChI is InChI=1S/C13H19N3O/c1-10(17)16-13-12(14-7-8-15-13)9-11-5-3-2-4-6-11/h2-6,12-15H,7-9H2,1H3,(H,16,17). The highest BCUT2D eigenvalue weighted by Gasteiger charge is 2.24. The van der Waals surface area contributed by atoms with E-state index in [-0.39, 0.29) is 18.1 Å². The second-order valence-corrected chi connectivity index (χ2v) is 4.38. The molecule has 4 heteroatoms. The summed E-state index contributed by atoms with van der Waals surface area (Å²) in [5.41, 5.74) is 1.28. The van der Waals surface area contributed by atoms with E-state index >= 15 is 0 Å². The van der Waals surface area contributed by atoms with Crippen molar-refractivity contribution >= 4 is 5.91 Å². The largest absolute Gasteiger partial charge is 0.339 e. The molecule has 0 spiro atoms. The molecule has 1 heterocycles. The van der Waals surface area contributed by atoms with Crippen molar-refractivity contribution < 1.29 is 4.79 Å². The monoisotopic (exact) mass is 233 g/mol. The highest BCUT2D eigenvalue weighted by molar-refractivity contribution is 5.73. The lowest BCUT2D eigenvalue weighted by atomic mass is 10.0. The SMILES string of the molecule is CC(=O)NC1NCCNC1Cc1ccccc1. The fraction of sp³-hybridized carbons (Fsp3) is 0.462. The number of carbonyl (C=O) groups is 1. The Kier molecular flexibility index (Phi) is 4.12. The van der Waals surface area contributed by atoms with Crippen molar-refractivity contribution in [2.45, 2.75) is 25.6 Å². The number of hydrogen-bond donors (Lipinski definition) is 3. The van der Waals surface area contributed by atoms with Gasteiger partial charge in [-0.3, -0.25) is 10.1 Å². The molecule has 4 nitrogen and oxygen atoms in total. The topological polar surface area (TPSA) is 53.2 Å². The summed E-state index contributed by atoms with van der Waals surface area (Å²) in [6.07, 6.45) is 0.931. The van der Waals surface area contributed by atoms with Gasteiger partial charge in [-0.25, -0.2) is 0 Å². The zero-order chi connectivity index (χ0) is 12.1. The Bertz CT molecular complexity index is 366. The molecule has 0 bridgehead atoms. The molecular weight excluding hydrogens is 214 g/mol. The van der Waals surface area contributed by atoms with Crippen LogP contribution in [0.2, 0.25) is 0 Å². The average Bonchev–Trinajstić information content (AvgIpc) is 2.32. The van der Waals surface area contributed by atoms with Gasteiger partial charge in [-0.2, -0.15) is 0 Å². The van der Waals surface area contributed by atoms with Crippen LogP contribution in [0.5, 0.6) is 0 Å². The highest BCUT2D eigenvalue weighted by atomic mass is 16.1. The number of piperazine rings is 1. The maximum absolute atomic E-state index is 11.1. The van der Waals surface area contributed by atoms with E-state index in [4.69, 9.17) is 0 Å². The normalized spacial score (nSPS) is 24.3. The summed E-state index contributed by atoms with van der Waals surface area (Å²) in [7, 11) is 0. The first kappa shape index (κ1) is 12.1. The van der Waals surface area contributed by atoms with Gasteiger partial charge < -0.3 is 10.6 Å². The minimum Gasteiger partial charge on any atom is -0.339 e. The summed E-state index contributed by atoms with van der Waals surface area (Å²) in [4.78, 5) is 11.1. The lowest BCUT2D eigenvalue weighted by Crippen LogP contribution is -2.63. The second-order valence-electron chi connectivity index (χ2n) is 4.38. The molecule has 1 aliphatic heterocycles. The molecule has 0 aromatic heterocycles. The average molecular weight is 233 g/mol. The van der Waals surface area contributed by atoms with E-state index in [1.807, 2.05) is 18.2 Å². The van der Waals surface area contributed by atoms with Crippen LogP contribution in [-0.2, 0) is 11.2 Å². The zero-order valence-electron chi connectivity index (χ0n) is 10.1. The first-order valence-electron chi connectivity index (χ1n) is 6.03. The van der Waals surface area contributed by atoms with Crippen molar-refractivity contribution in [1.82, 2.24) is 16.0 Å². The van der Waals surface area contributed by atoms with Crippen LogP contribution in [0.4, 0.5) is 0 Å². The fourth-order valence-electron chi connectivity index (χ4n) is 2.17. The van der Waals surface area contributed by atoms with Gasteiger partial charge in [0.05, 0.1) is 6.17 Å². The van der Waals surface area contributed by atoms with E-state index in [1.165, 1.54) is 5.56 Å². The molecule has 2 atom stereocenters. The Hall–Kier alpha value is -1.39. The van der Waals surface area contributed by atoms with E-state index < -0.39 is 0 Å². The Morgan fingerprint density at radius 2 is 2.00 bits per heavy atom. The maximum atomic E-state index is 11.1. The van der Waals surface area contributed by atoms with Gasteiger partial charge in [0.25, 0.3) is 0 Å². The number of nitrogens with one attached hydrogen (secondary N) is 3. The molecule has 17 heavy (non-hydrogen) atoms. The third kappa shape index (κ3) is 3.54. The van der Waals surface area contributed by atoms with Crippen molar-refractivity contribution in [1.29, 1.82) is 0 Å². The molecule has 2 unspecified atom stereocenters. The van der Waals surface area contributed by atoms with Crippen molar-refractivity contribution in [2.75, 3.05) is 13.1 Å². The Balaban J connectivity index is 1.99. The van der Waals surface area contributed by atoms with Gasteiger partial charge in [0.15, 0.2) is 0 Å². The quantitative estimate of drug-likeness (QED) is 0.701. The molecule has 0 saturated carbocycles. The number of amides is 1. The van der Waals surface area contributed by atoms with Gasteiger partial charge in [-0.15, -0.1) is 0 Å². The summed E-state index contributed by atoms with van der Waals surface area (Å²) in [5, 5.41) is 9.71.